The maximum Gasteiger partial charge on any atom is 0.206 e. The molecular weight excluding hydrogens is 220 g/mol. The second-order valence-corrected chi connectivity index (χ2v) is 4.54. The molecule has 1 unspecified atom stereocenters. The molecule has 0 aromatic carbocycles. The van der Waals surface area contributed by atoms with E-state index in [9.17, 15) is 0 Å². The van der Waals surface area contributed by atoms with E-state index in [1.165, 1.54) is 0 Å². The lowest BCUT2D eigenvalue weighted by molar-refractivity contribution is 0.830. The summed E-state index contributed by atoms with van der Waals surface area (Å²) >= 11 is 1.59. The van der Waals surface area contributed by atoms with Crippen molar-refractivity contribution in [1.82, 2.24) is 15.2 Å². The summed E-state index contributed by atoms with van der Waals surface area (Å²) in [5.74, 6) is 0. The van der Waals surface area contributed by atoms with Gasteiger partial charge in [-0.1, -0.05) is 24.3 Å². The van der Waals surface area contributed by atoms with E-state index >= 15 is 0 Å². The number of rotatable bonds is 4. The van der Waals surface area contributed by atoms with Crippen LogP contribution in [-0.2, 0) is 6.42 Å². The Morgan fingerprint density at radius 2 is 2.25 bits per heavy atom. The number of nitrogens with zero attached hydrogens (tertiary/aromatic N) is 3. The SMILES string of the molecule is CCc1nnc(NC(C)c2ccccn2)s1. The summed E-state index contributed by atoms with van der Waals surface area (Å²) in [4.78, 5) is 4.30. The molecular formula is C11H14N4S. The largest absolute Gasteiger partial charge is 0.352 e. The van der Waals surface area contributed by atoms with Crippen LogP contribution < -0.4 is 5.32 Å². The average Bonchev–Trinajstić information content (AvgIpc) is 2.78. The summed E-state index contributed by atoms with van der Waals surface area (Å²) in [5.41, 5.74) is 1.01. The Balaban J connectivity index is 2.05. The molecule has 5 heteroatoms. The van der Waals surface area contributed by atoms with E-state index in [2.05, 4.69) is 34.3 Å². The Hall–Kier alpha value is -1.49. The third kappa shape index (κ3) is 2.55. The summed E-state index contributed by atoms with van der Waals surface area (Å²) in [6, 6.07) is 6.05. The normalized spacial score (nSPS) is 12.4. The molecule has 2 heterocycles. The van der Waals surface area contributed by atoms with Crippen LogP contribution in [0.3, 0.4) is 0 Å². The minimum absolute atomic E-state index is 0.152. The zero-order valence-electron chi connectivity index (χ0n) is 9.34. The highest BCUT2D eigenvalue weighted by Gasteiger charge is 2.09. The fourth-order valence-electron chi connectivity index (χ4n) is 1.35. The van der Waals surface area contributed by atoms with Gasteiger partial charge in [-0.25, -0.2) is 0 Å². The van der Waals surface area contributed by atoms with Gasteiger partial charge in [0.2, 0.25) is 5.13 Å². The summed E-state index contributed by atoms with van der Waals surface area (Å²) in [5, 5.41) is 13.4. The van der Waals surface area contributed by atoms with Gasteiger partial charge in [-0.05, 0) is 25.5 Å². The Labute approximate surface area is 98.8 Å². The van der Waals surface area contributed by atoms with Crippen molar-refractivity contribution in [3.05, 3.63) is 35.1 Å². The quantitative estimate of drug-likeness (QED) is 0.883. The van der Waals surface area contributed by atoms with Crippen molar-refractivity contribution in [2.24, 2.45) is 0 Å². The van der Waals surface area contributed by atoms with Gasteiger partial charge in [-0.3, -0.25) is 4.98 Å². The second kappa shape index (κ2) is 5.03. The maximum absolute atomic E-state index is 4.30. The van der Waals surface area contributed by atoms with Crippen molar-refractivity contribution in [1.29, 1.82) is 0 Å². The van der Waals surface area contributed by atoms with Crippen molar-refractivity contribution in [3.63, 3.8) is 0 Å². The summed E-state index contributed by atoms with van der Waals surface area (Å²) in [6.45, 7) is 4.14. The Kier molecular flexibility index (Phi) is 3.46. The zero-order chi connectivity index (χ0) is 11.4. The van der Waals surface area contributed by atoms with Crippen molar-refractivity contribution in [2.45, 2.75) is 26.3 Å². The van der Waals surface area contributed by atoms with Gasteiger partial charge in [0.15, 0.2) is 0 Å². The minimum Gasteiger partial charge on any atom is -0.352 e. The number of pyridine rings is 1. The molecule has 2 aromatic rings. The summed E-state index contributed by atoms with van der Waals surface area (Å²) in [6.07, 6.45) is 2.72. The van der Waals surface area contributed by atoms with Crippen LogP contribution in [0.25, 0.3) is 0 Å². The molecule has 1 N–H and O–H groups in total. The number of aryl methyl sites for hydroxylation is 1. The molecule has 0 aliphatic rings. The van der Waals surface area contributed by atoms with Crippen LogP contribution in [-0.4, -0.2) is 15.2 Å². The summed E-state index contributed by atoms with van der Waals surface area (Å²) < 4.78 is 0. The van der Waals surface area contributed by atoms with Gasteiger partial charge in [0.25, 0.3) is 0 Å². The Bertz CT molecular complexity index is 440. The molecule has 0 bridgehead atoms. The number of nitrogens with one attached hydrogen (secondary N) is 1. The van der Waals surface area contributed by atoms with Crippen molar-refractivity contribution in [2.75, 3.05) is 5.32 Å². The van der Waals surface area contributed by atoms with Crippen LogP contribution in [0.1, 0.15) is 30.6 Å². The standard InChI is InChI=1S/C11H14N4S/c1-3-10-14-15-11(16-10)13-8(2)9-6-4-5-7-12-9/h4-8H,3H2,1-2H3,(H,13,15). The van der Waals surface area contributed by atoms with Gasteiger partial charge in [0.05, 0.1) is 11.7 Å². The number of anilines is 1. The van der Waals surface area contributed by atoms with Gasteiger partial charge < -0.3 is 5.32 Å². The first kappa shape index (κ1) is 11.0. The Morgan fingerprint density at radius 3 is 2.88 bits per heavy atom. The number of hydrogen-bond acceptors (Lipinski definition) is 5. The molecule has 4 nitrogen and oxygen atoms in total. The lowest BCUT2D eigenvalue weighted by Gasteiger charge is -2.10. The number of hydrogen-bond donors (Lipinski definition) is 1. The molecule has 84 valence electrons. The molecule has 0 radical (unpaired) electrons. The monoisotopic (exact) mass is 234 g/mol. The highest BCUT2D eigenvalue weighted by atomic mass is 32.1. The fraction of sp³-hybridized carbons (Fsp3) is 0.364. The predicted molar refractivity (Wildman–Crippen MR) is 65.6 cm³/mol. The van der Waals surface area contributed by atoms with Gasteiger partial charge >= 0.3 is 0 Å². The molecule has 0 fully saturated rings. The third-order valence-corrected chi connectivity index (χ3v) is 3.24. The van der Waals surface area contributed by atoms with E-state index in [4.69, 9.17) is 0 Å². The molecule has 1 atom stereocenters. The lowest BCUT2D eigenvalue weighted by atomic mass is 10.2. The van der Waals surface area contributed by atoms with E-state index in [0.717, 1.165) is 22.3 Å². The molecule has 0 amide bonds. The van der Waals surface area contributed by atoms with Crippen LogP contribution in [0.5, 0.6) is 0 Å². The smallest absolute Gasteiger partial charge is 0.206 e. The maximum atomic E-state index is 4.30. The molecule has 0 saturated heterocycles. The van der Waals surface area contributed by atoms with Gasteiger partial charge in [0, 0.05) is 6.20 Å². The van der Waals surface area contributed by atoms with Crippen molar-refractivity contribution < 1.29 is 0 Å². The first-order valence-corrected chi connectivity index (χ1v) is 6.11. The zero-order valence-corrected chi connectivity index (χ0v) is 10.2. The van der Waals surface area contributed by atoms with E-state index in [-0.39, 0.29) is 6.04 Å². The van der Waals surface area contributed by atoms with Crippen LogP contribution in [0, 0.1) is 0 Å². The van der Waals surface area contributed by atoms with Crippen LogP contribution in [0.15, 0.2) is 24.4 Å². The average molecular weight is 234 g/mol. The third-order valence-electron chi connectivity index (χ3n) is 2.24. The molecule has 0 aliphatic heterocycles. The van der Waals surface area contributed by atoms with E-state index in [1.807, 2.05) is 18.2 Å². The molecule has 0 aliphatic carbocycles. The van der Waals surface area contributed by atoms with Gasteiger partial charge in [0.1, 0.15) is 5.01 Å². The summed E-state index contributed by atoms with van der Waals surface area (Å²) in [7, 11) is 0. The molecule has 16 heavy (non-hydrogen) atoms. The predicted octanol–water partition coefficient (Wildman–Crippen LogP) is 2.67. The topological polar surface area (TPSA) is 50.7 Å². The Morgan fingerprint density at radius 1 is 1.38 bits per heavy atom. The molecule has 0 spiro atoms. The first-order chi connectivity index (χ1) is 7.79. The number of aromatic nitrogens is 3. The van der Waals surface area contributed by atoms with Gasteiger partial charge in [-0.15, -0.1) is 10.2 Å². The first-order valence-electron chi connectivity index (χ1n) is 5.29. The fourth-order valence-corrected chi connectivity index (χ4v) is 2.11. The van der Waals surface area contributed by atoms with E-state index in [0.29, 0.717) is 0 Å². The highest BCUT2D eigenvalue weighted by Crippen LogP contribution is 2.21. The van der Waals surface area contributed by atoms with E-state index in [1.54, 1.807) is 17.5 Å². The van der Waals surface area contributed by atoms with Crippen LogP contribution in [0.2, 0.25) is 0 Å². The van der Waals surface area contributed by atoms with Crippen LogP contribution in [0.4, 0.5) is 5.13 Å². The highest BCUT2D eigenvalue weighted by molar-refractivity contribution is 7.15. The molecule has 2 rings (SSSR count). The van der Waals surface area contributed by atoms with Crippen molar-refractivity contribution in [3.8, 4) is 0 Å². The minimum atomic E-state index is 0.152. The van der Waals surface area contributed by atoms with Gasteiger partial charge in [-0.2, -0.15) is 0 Å². The second-order valence-electron chi connectivity index (χ2n) is 3.48. The van der Waals surface area contributed by atoms with Crippen LogP contribution >= 0.6 is 11.3 Å². The van der Waals surface area contributed by atoms with Crippen molar-refractivity contribution >= 4 is 16.5 Å². The molecule has 0 saturated carbocycles. The lowest BCUT2D eigenvalue weighted by Crippen LogP contribution is -2.07. The molecule has 2 aromatic heterocycles. The van der Waals surface area contributed by atoms with E-state index < -0.39 is 0 Å².